The van der Waals surface area contributed by atoms with Gasteiger partial charge >= 0.3 is 0 Å². The van der Waals surface area contributed by atoms with Crippen LogP contribution >= 0.6 is 11.3 Å². The van der Waals surface area contributed by atoms with E-state index in [9.17, 15) is 8.42 Å². The molecule has 0 radical (unpaired) electrons. The molecular weight excluding hydrogens is 533 g/mol. The van der Waals surface area contributed by atoms with Gasteiger partial charge in [-0.25, -0.2) is 27.8 Å². The number of para-hydroxylation sites is 1. The van der Waals surface area contributed by atoms with Crippen molar-refractivity contribution in [3.05, 3.63) is 58.9 Å². The van der Waals surface area contributed by atoms with Gasteiger partial charge in [0.1, 0.15) is 34.3 Å². The number of nitrogens with zero attached hydrogens (tertiary/aromatic N) is 7. The minimum Gasteiger partial charge on any atom is -0.494 e. The second-order valence-corrected chi connectivity index (χ2v) is 11.7. The van der Waals surface area contributed by atoms with Crippen LogP contribution in [-0.4, -0.2) is 57.6 Å². The SMILES string of the molecule is COc1cccc(OC)c1-n1c(CS(=O)(=O)[C@H](C)[C@](C)(F)c2ncc(C#N)cn2)nnc1-c1nc(C)cs1. The molecule has 4 aromatic rings. The highest BCUT2D eigenvalue weighted by Gasteiger charge is 2.44. The molecule has 0 unspecified atom stereocenters. The van der Waals surface area contributed by atoms with E-state index in [1.807, 2.05) is 18.4 Å². The summed E-state index contributed by atoms with van der Waals surface area (Å²) in [5.74, 6) is 0.0432. The first-order valence-electron chi connectivity index (χ1n) is 11.2. The van der Waals surface area contributed by atoms with Crippen LogP contribution in [0.25, 0.3) is 16.5 Å². The van der Waals surface area contributed by atoms with E-state index >= 15 is 4.39 Å². The Morgan fingerprint density at radius 1 is 1.18 bits per heavy atom. The average Bonchev–Trinajstić information content (AvgIpc) is 3.52. The molecule has 0 aliphatic rings. The Hall–Kier alpha value is -3.96. The molecule has 3 aromatic heterocycles. The van der Waals surface area contributed by atoms with Gasteiger partial charge in [-0.2, -0.15) is 5.26 Å². The lowest BCUT2D eigenvalue weighted by Gasteiger charge is -2.26. The smallest absolute Gasteiger partial charge is 0.197 e. The van der Waals surface area contributed by atoms with Crippen molar-refractivity contribution in [2.45, 2.75) is 37.4 Å². The van der Waals surface area contributed by atoms with E-state index in [-0.39, 0.29) is 23.0 Å². The van der Waals surface area contributed by atoms with Crippen molar-refractivity contribution in [3.8, 4) is 34.1 Å². The lowest BCUT2D eigenvalue weighted by molar-refractivity contribution is 0.174. The van der Waals surface area contributed by atoms with Crippen LogP contribution in [0.2, 0.25) is 0 Å². The highest BCUT2D eigenvalue weighted by Crippen LogP contribution is 2.38. The Bertz CT molecular complexity index is 1590. The number of hydrogen-bond acceptors (Lipinski definition) is 11. The molecule has 0 bridgehead atoms. The Labute approximate surface area is 222 Å². The first kappa shape index (κ1) is 27.1. The molecule has 38 heavy (non-hydrogen) atoms. The van der Waals surface area contributed by atoms with E-state index in [1.165, 1.54) is 37.0 Å². The van der Waals surface area contributed by atoms with Crippen molar-refractivity contribution in [2.75, 3.05) is 14.2 Å². The first-order valence-corrected chi connectivity index (χ1v) is 13.8. The fraction of sp³-hybridized carbons (Fsp3) is 0.333. The van der Waals surface area contributed by atoms with E-state index in [1.54, 1.807) is 18.2 Å². The zero-order valence-corrected chi connectivity index (χ0v) is 22.8. The van der Waals surface area contributed by atoms with Gasteiger partial charge in [-0.3, -0.25) is 4.57 Å². The van der Waals surface area contributed by atoms with Crippen LogP contribution in [0.5, 0.6) is 11.5 Å². The van der Waals surface area contributed by atoms with Gasteiger partial charge in [0.25, 0.3) is 0 Å². The van der Waals surface area contributed by atoms with Crippen LogP contribution in [0.3, 0.4) is 0 Å². The molecule has 4 rings (SSSR count). The minimum absolute atomic E-state index is 0.0130. The maximum Gasteiger partial charge on any atom is 0.197 e. The van der Waals surface area contributed by atoms with Gasteiger partial charge in [-0.1, -0.05) is 6.07 Å². The second-order valence-electron chi connectivity index (χ2n) is 8.51. The highest BCUT2D eigenvalue weighted by atomic mass is 32.2. The molecule has 0 N–H and O–H groups in total. The predicted molar refractivity (Wildman–Crippen MR) is 138 cm³/mol. The van der Waals surface area contributed by atoms with Gasteiger partial charge in [0.15, 0.2) is 38.0 Å². The third-order valence-corrected chi connectivity index (χ3v) is 9.15. The van der Waals surface area contributed by atoms with Crippen molar-refractivity contribution in [1.82, 2.24) is 29.7 Å². The fourth-order valence-corrected chi connectivity index (χ4v) is 6.10. The maximum absolute atomic E-state index is 15.9. The van der Waals surface area contributed by atoms with Gasteiger partial charge in [0, 0.05) is 23.5 Å². The number of ether oxygens (including phenoxy) is 2. The third kappa shape index (κ3) is 4.94. The molecule has 0 fully saturated rings. The maximum atomic E-state index is 15.9. The van der Waals surface area contributed by atoms with E-state index in [0.29, 0.717) is 22.2 Å². The van der Waals surface area contributed by atoms with Crippen LogP contribution in [0.4, 0.5) is 4.39 Å². The number of hydrogen-bond donors (Lipinski definition) is 0. The number of aromatic nitrogens is 6. The number of halogens is 1. The van der Waals surface area contributed by atoms with Gasteiger partial charge in [0.05, 0.1) is 19.8 Å². The summed E-state index contributed by atoms with van der Waals surface area (Å²) in [6.45, 7) is 4.16. The second kappa shape index (κ2) is 10.4. The van der Waals surface area contributed by atoms with Crippen LogP contribution in [-0.2, 0) is 21.3 Å². The number of nitriles is 1. The van der Waals surface area contributed by atoms with Crippen LogP contribution in [0.15, 0.2) is 36.0 Å². The van der Waals surface area contributed by atoms with Gasteiger partial charge in [-0.15, -0.1) is 21.5 Å². The molecule has 11 nitrogen and oxygen atoms in total. The molecule has 0 saturated heterocycles. The molecule has 0 amide bonds. The molecule has 14 heteroatoms. The number of sulfone groups is 1. The van der Waals surface area contributed by atoms with Crippen LogP contribution in [0, 0.1) is 18.3 Å². The number of methoxy groups -OCH3 is 2. The summed E-state index contributed by atoms with van der Waals surface area (Å²) in [7, 11) is -1.26. The summed E-state index contributed by atoms with van der Waals surface area (Å²) >= 11 is 1.32. The molecule has 3 heterocycles. The molecule has 0 aliphatic carbocycles. The Morgan fingerprint density at radius 3 is 2.34 bits per heavy atom. The summed E-state index contributed by atoms with van der Waals surface area (Å²) in [5.41, 5.74) is -1.20. The van der Waals surface area contributed by atoms with Crippen molar-refractivity contribution < 1.29 is 22.3 Å². The van der Waals surface area contributed by atoms with Crippen molar-refractivity contribution in [2.24, 2.45) is 0 Å². The number of aryl methyl sites for hydroxylation is 1. The molecule has 1 aromatic carbocycles. The lowest BCUT2D eigenvalue weighted by Crippen LogP contribution is -2.39. The summed E-state index contributed by atoms with van der Waals surface area (Å²) in [6, 6.07) is 6.95. The quantitative estimate of drug-likeness (QED) is 0.299. The largest absolute Gasteiger partial charge is 0.494 e. The highest BCUT2D eigenvalue weighted by molar-refractivity contribution is 7.91. The lowest BCUT2D eigenvalue weighted by atomic mass is 10.0. The fourth-order valence-electron chi connectivity index (χ4n) is 3.75. The third-order valence-electron chi connectivity index (χ3n) is 6.02. The van der Waals surface area contributed by atoms with E-state index in [4.69, 9.17) is 14.7 Å². The summed E-state index contributed by atoms with van der Waals surface area (Å²) in [5, 5.41) is 18.1. The predicted octanol–water partition coefficient (Wildman–Crippen LogP) is 3.57. The number of alkyl halides is 1. The van der Waals surface area contributed by atoms with Gasteiger partial charge < -0.3 is 9.47 Å². The standard InChI is InChI=1S/C24H24FN7O4S2/c1-14-12-37-22(29-14)21-31-30-19(32(21)20-17(35-4)7-6-8-18(20)36-5)13-38(33,34)15(2)24(3,25)23-27-10-16(9-26)11-28-23/h6-8,10-12,15H,13H2,1-5H3/t15-,24+/m1/s1. The number of benzene rings is 1. The topological polar surface area (TPSA) is 146 Å². The van der Waals surface area contributed by atoms with Crippen molar-refractivity contribution >= 4 is 21.2 Å². The molecule has 198 valence electrons. The zero-order chi connectivity index (χ0) is 27.7. The monoisotopic (exact) mass is 557 g/mol. The molecule has 0 saturated carbocycles. The Morgan fingerprint density at radius 2 is 1.82 bits per heavy atom. The molecule has 2 atom stereocenters. The average molecular weight is 558 g/mol. The zero-order valence-electron chi connectivity index (χ0n) is 21.2. The normalized spacial score (nSPS) is 13.9. The number of rotatable bonds is 9. The summed E-state index contributed by atoms with van der Waals surface area (Å²) in [4.78, 5) is 12.2. The van der Waals surface area contributed by atoms with E-state index in [0.717, 1.165) is 25.0 Å². The number of thiazole rings is 1. The van der Waals surface area contributed by atoms with Crippen LogP contribution < -0.4 is 9.47 Å². The summed E-state index contributed by atoms with van der Waals surface area (Å²) in [6.07, 6.45) is 2.29. The van der Waals surface area contributed by atoms with Gasteiger partial charge in [0.2, 0.25) is 0 Å². The first-order chi connectivity index (χ1) is 18.0. The van der Waals surface area contributed by atoms with Crippen LogP contribution in [0.1, 0.15) is 36.8 Å². The van der Waals surface area contributed by atoms with E-state index in [2.05, 4.69) is 25.1 Å². The Balaban J connectivity index is 1.83. The Kier molecular flexibility index (Phi) is 7.43. The van der Waals surface area contributed by atoms with E-state index < -0.39 is 26.5 Å². The van der Waals surface area contributed by atoms with Crippen molar-refractivity contribution in [3.63, 3.8) is 0 Å². The minimum atomic E-state index is -4.21. The molecular formula is C24H24FN7O4S2. The molecule has 0 aliphatic heterocycles. The van der Waals surface area contributed by atoms with Crippen molar-refractivity contribution in [1.29, 1.82) is 5.26 Å². The molecule has 0 spiro atoms. The van der Waals surface area contributed by atoms with Gasteiger partial charge in [-0.05, 0) is 32.9 Å². The summed E-state index contributed by atoms with van der Waals surface area (Å²) < 4.78 is 55.7.